The molecule has 0 saturated carbocycles. The van der Waals surface area contributed by atoms with Gasteiger partial charge in [-0.05, 0) is 24.6 Å². The molecule has 0 radical (unpaired) electrons. The van der Waals surface area contributed by atoms with Gasteiger partial charge in [0, 0.05) is 37.5 Å². The van der Waals surface area contributed by atoms with Crippen LogP contribution in [0.15, 0.2) is 66.7 Å². The lowest BCUT2D eigenvalue weighted by Gasteiger charge is -2.10. The number of fused-ring (bicyclic) bond motifs is 1. The van der Waals surface area contributed by atoms with Gasteiger partial charge in [0.2, 0.25) is 0 Å². The van der Waals surface area contributed by atoms with Crippen molar-refractivity contribution in [3.05, 3.63) is 72.4 Å². The summed E-state index contributed by atoms with van der Waals surface area (Å²) in [7, 11) is 3.27. The maximum absolute atomic E-state index is 13.0. The largest absolute Gasteiger partial charge is 0.497 e. The van der Waals surface area contributed by atoms with Crippen LogP contribution in [0.1, 0.15) is 16.9 Å². The third-order valence-corrected chi connectivity index (χ3v) is 4.91. The summed E-state index contributed by atoms with van der Waals surface area (Å²) in [6, 6.07) is 21.1. The van der Waals surface area contributed by atoms with Crippen LogP contribution >= 0.6 is 0 Å². The second-order valence-corrected chi connectivity index (χ2v) is 7.03. The van der Waals surface area contributed by atoms with Crippen molar-refractivity contribution in [3.63, 3.8) is 0 Å². The average Bonchev–Trinajstić information content (AvgIpc) is 3.26. The normalized spacial score (nSPS) is 10.9. The number of nitrogens with one attached hydrogen (secondary N) is 1. The summed E-state index contributed by atoms with van der Waals surface area (Å²) < 4.78 is 12.0. The van der Waals surface area contributed by atoms with E-state index in [2.05, 4.69) is 10.4 Å². The van der Waals surface area contributed by atoms with Crippen molar-refractivity contribution in [2.45, 2.75) is 6.42 Å². The van der Waals surface area contributed by atoms with Gasteiger partial charge in [-0.2, -0.15) is 5.10 Å². The SMILES string of the molecule is COCCCNC(=O)c1cc(-c2cccc(OC)c2)nc2cc(-c3ccccc3)nn12. The van der Waals surface area contributed by atoms with Crippen LogP contribution in [0.5, 0.6) is 5.75 Å². The van der Waals surface area contributed by atoms with E-state index in [1.807, 2.05) is 60.7 Å². The summed E-state index contributed by atoms with van der Waals surface area (Å²) in [4.78, 5) is 17.8. The minimum absolute atomic E-state index is 0.213. The summed E-state index contributed by atoms with van der Waals surface area (Å²) in [5.41, 5.74) is 4.26. The lowest BCUT2D eigenvalue weighted by Crippen LogP contribution is -2.27. The molecule has 4 rings (SSSR count). The predicted octanol–water partition coefficient (Wildman–Crippen LogP) is 3.84. The van der Waals surface area contributed by atoms with Gasteiger partial charge in [0.05, 0.1) is 18.5 Å². The molecule has 0 atom stereocenters. The number of hydrogen-bond acceptors (Lipinski definition) is 5. The van der Waals surface area contributed by atoms with Crippen LogP contribution in [0.25, 0.3) is 28.2 Å². The van der Waals surface area contributed by atoms with Crippen LogP contribution in [0.3, 0.4) is 0 Å². The summed E-state index contributed by atoms with van der Waals surface area (Å²) in [5, 5.41) is 7.60. The highest BCUT2D eigenvalue weighted by Gasteiger charge is 2.17. The molecule has 4 aromatic rings. The van der Waals surface area contributed by atoms with Gasteiger partial charge in [-0.1, -0.05) is 42.5 Å². The van der Waals surface area contributed by atoms with E-state index in [0.29, 0.717) is 30.2 Å². The number of carbonyl (C=O) groups is 1. The van der Waals surface area contributed by atoms with Crippen LogP contribution in [0.4, 0.5) is 0 Å². The quantitative estimate of drug-likeness (QED) is 0.442. The van der Waals surface area contributed by atoms with Gasteiger partial charge in [0.15, 0.2) is 5.65 Å². The third kappa shape index (κ3) is 4.57. The molecule has 0 bridgehead atoms. The van der Waals surface area contributed by atoms with Gasteiger partial charge < -0.3 is 14.8 Å². The smallest absolute Gasteiger partial charge is 0.270 e. The second kappa shape index (κ2) is 9.40. The third-order valence-electron chi connectivity index (χ3n) is 4.91. The zero-order chi connectivity index (χ0) is 21.6. The Morgan fingerprint density at radius 2 is 1.77 bits per heavy atom. The average molecular weight is 416 g/mol. The Morgan fingerprint density at radius 1 is 0.968 bits per heavy atom. The van der Waals surface area contributed by atoms with E-state index in [1.165, 1.54) is 0 Å². The zero-order valence-corrected chi connectivity index (χ0v) is 17.5. The highest BCUT2D eigenvalue weighted by molar-refractivity contribution is 5.94. The lowest BCUT2D eigenvalue weighted by molar-refractivity contribution is 0.0941. The van der Waals surface area contributed by atoms with Crippen LogP contribution in [-0.2, 0) is 4.74 Å². The molecule has 1 N–H and O–H groups in total. The van der Waals surface area contributed by atoms with Crippen LogP contribution in [0.2, 0.25) is 0 Å². The van der Waals surface area contributed by atoms with E-state index in [4.69, 9.17) is 14.5 Å². The van der Waals surface area contributed by atoms with E-state index in [1.54, 1.807) is 24.8 Å². The van der Waals surface area contributed by atoms with E-state index < -0.39 is 0 Å². The standard InChI is InChI=1S/C24H24N4O3/c1-30-13-7-12-25-24(29)22-15-20(18-10-6-11-19(14-18)31-2)26-23-16-21(27-28(22)23)17-8-4-3-5-9-17/h3-6,8-11,14-16H,7,12-13H2,1-2H3,(H,25,29). The Kier molecular flexibility index (Phi) is 6.24. The summed E-state index contributed by atoms with van der Waals surface area (Å²) >= 11 is 0. The molecule has 0 fully saturated rings. The molecule has 0 saturated heterocycles. The van der Waals surface area contributed by atoms with Crippen molar-refractivity contribution in [1.82, 2.24) is 19.9 Å². The molecular weight excluding hydrogens is 392 g/mol. The first-order valence-electron chi connectivity index (χ1n) is 10.1. The maximum Gasteiger partial charge on any atom is 0.270 e. The van der Waals surface area contributed by atoms with E-state index >= 15 is 0 Å². The summed E-state index contributed by atoms with van der Waals surface area (Å²) in [6.07, 6.45) is 0.730. The lowest BCUT2D eigenvalue weighted by atomic mass is 10.1. The minimum Gasteiger partial charge on any atom is -0.497 e. The van der Waals surface area contributed by atoms with Gasteiger partial charge in [-0.15, -0.1) is 0 Å². The highest BCUT2D eigenvalue weighted by Crippen LogP contribution is 2.26. The van der Waals surface area contributed by atoms with E-state index in [9.17, 15) is 4.79 Å². The molecular formula is C24H24N4O3. The van der Waals surface area contributed by atoms with Crippen LogP contribution in [-0.4, -0.2) is 47.9 Å². The first kappa shape index (κ1) is 20.6. The maximum atomic E-state index is 13.0. The van der Waals surface area contributed by atoms with Gasteiger partial charge in [-0.25, -0.2) is 9.50 Å². The number of ether oxygens (including phenoxy) is 2. The molecule has 0 spiro atoms. The molecule has 0 aliphatic carbocycles. The Balaban J connectivity index is 1.79. The van der Waals surface area contributed by atoms with Gasteiger partial charge in [0.1, 0.15) is 11.4 Å². The number of carbonyl (C=O) groups excluding carboxylic acids is 1. The van der Waals surface area contributed by atoms with Crippen molar-refractivity contribution in [1.29, 1.82) is 0 Å². The van der Waals surface area contributed by atoms with Crippen molar-refractivity contribution >= 4 is 11.6 Å². The van der Waals surface area contributed by atoms with Gasteiger partial charge in [-0.3, -0.25) is 4.79 Å². The molecule has 0 aliphatic heterocycles. The number of nitrogens with zero attached hydrogens (tertiary/aromatic N) is 3. The summed E-state index contributed by atoms with van der Waals surface area (Å²) in [6.45, 7) is 1.10. The number of amides is 1. The highest BCUT2D eigenvalue weighted by atomic mass is 16.5. The molecule has 2 aromatic carbocycles. The molecule has 0 unspecified atom stereocenters. The number of rotatable bonds is 8. The Morgan fingerprint density at radius 3 is 2.55 bits per heavy atom. The van der Waals surface area contributed by atoms with Crippen molar-refractivity contribution in [2.24, 2.45) is 0 Å². The topological polar surface area (TPSA) is 77.8 Å². The van der Waals surface area contributed by atoms with Gasteiger partial charge in [0.25, 0.3) is 5.91 Å². The summed E-state index contributed by atoms with van der Waals surface area (Å²) in [5.74, 6) is 0.513. The first-order chi connectivity index (χ1) is 15.2. The van der Waals surface area contributed by atoms with E-state index in [-0.39, 0.29) is 5.91 Å². The molecule has 2 aromatic heterocycles. The number of benzene rings is 2. The second-order valence-electron chi connectivity index (χ2n) is 7.03. The first-order valence-corrected chi connectivity index (χ1v) is 10.1. The molecule has 31 heavy (non-hydrogen) atoms. The molecule has 7 heteroatoms. The van der Waals surface area contributed by atoms with Crippen LogP contribution < -0.4 is 10.1 Å². The minimum atomic E-state index is -0.213. The Hall–Kier alpha value is -3.71. The predicted molar refractivity (Wildman–Crippen MR) is 119 cm³/mol. The van der Waals surface area contributed by atoms with Gasteiger partial charge >= 0.3 is 0 Å². The fourth-order valence-electron chi connectivity index (χ4n) is 3.33. The van der Waals surface area contributed by atoms with Crippen molar-refractivity contribution < 1.29 is 14.3 Å². The van der Waals surface area contributed by atoms with E-state index in [0.717, 1.165) is 29.0 Å². The van der Waals surface area contributed by atoms with Crippen LogP contribution in [0, 0.1) is 0 Å². The number of aromatic nitrogens is 3. The molecule has 1 amide bonds. The van der Waals surface area contributed by atoms with Crippen molar-refractivity contribution in [2.75, 3.05) is 27.4 Å². The Bertz CT molecular complexity index is 1190. The molecule has 158 valence electrons. The van der Waals surface area contributed by atoms with Crippen molar-refractivity contribution in [3.8, 4) is 28.3 Å². The number of methoxy groups -OCH3 is 2. The molecule has 0 aliphatic rings. The number of hydrogen-bond donors (Lipinski definition) is 1. The monoisotopic (exact) mass is 416 g/mol. The fraction of sp³-hybridized carbons (Fsp3) is 0.208. The molecule has 7 nitrogen and oxygen atoms in total. The fourth-order valence-corrected chi connectivity index (χ4v) is 3.33. The zero-order valence-electron chi connectivity index (χ0n) is 17.5. The Labute approximate surface area is 180 Å². The molecule has 2 heterocycles.